The molecule has 0 amide bonds. The van der Waals surface area contributed by atoms with Crippen LogP contribution in [0.4, 0.5) is 0 Å². The molecule has 0 unspecified atom stereocenters. The van der Waals surface area contributed by atoms with Crippen LogP contribution in [0.1, 0.15) is 32.1 Å². The van der Waals surface area contributed by atoms with Gasteiger partial charge < -0.3 is 4.74 Å². The van der Waals surface area contributed by atoms with Crippen LogP contribution in [-0.2, 0) is 4.74 Å². The van der Waals surface area contributed by atoms with E-state index >= 15 is 0 Å². The molecule has 0 aromatic heterocycles. The van der Waals surface area contributed by atoms with Crippen molar-refractivity contribution < 1.29 is 4.74 Å². The molecule has 12 heavy (non-hydrogen) atoms. The summed E-state index contributed by atoms with van der Waals surface area (Å²) in [5, 5.41) is 8.49. The highest BCUT2D eigenvalue weighted by Gasteiger charge is 2.17. The molecule has 0 saturated heterocycles. The summed E-state index contributed by atoms with van der Waals surface area (Å²) >= 11 is 0. The molecule has 66 valence electrons. The summed E-state index contributed by atoms with van der Waals surface area (Å²) in [4.78, 5) is 0. The number of hydrogen-bond donors (Lipinski definition) is 0. The summed E-state index contributed by atoms with van der Waals surface area (Å²) in [5.74, 6) is 1.38. The first-order valence-corrected chi connectivity index (χ1v) is 4.52. The standard InChI is InChI=1S/C10H15NO/c1-12-10(7-8-11)9-5-3-2-4-6-9/h7,9H,2-6H2,1H3/b10-7+. The van der Waals surface area contributed by atoms with Gasteiger partial charge >= 0.3 is 0 Å². The molecule has 0 N–H and O–H groups in total. The summed E-state index contributed by atoms with van der Waals surface area (Å²) < 4.78 is 5.17. The van der Waals surface area contributed by atoms with Crippen LogP contribution < -0.4 is 0 Å². The number of rotatable bonds is 2. The maximum atomic E-state index is 8.49. The third kappa shape index (κ3) is 2.27. The summed E-state index contributed by atoms with van der Waals surface area (Å²) in [6, 6.07) is 2.03. The minimum absolute atomic E-state index is 0.503. The molecule has 0 aromatic rings. The van der Waals surface area contributed by atoms with Crippen molar-refractivity contribution in [3.63, 3.8) is 0 Å². The lowest BCUT2D eigenvalue weighted by Crippen LogP contribution is -2.10. The number of ether oxygens (including phenoxy) is 1. The van der Waals surface area contributed by atoms with E-state index in [-0.39, 0.29) is 0 Å². The highest BCUT2D eigenvalue weighted by molar-refractivity contribution is 5.11. The largest absolute Gasteiger partial charge is 0.500 e. The molecule has 0 aliphatic heterocycles. The van der Waals surface area contributed by atoms with Gasteiger partial charge in [0.1, 0.15) is 5.76 Å². The predicted molar refractivity (Wildman–Crippen MR) is 47.3 cm³/mol. The van der Waals surface area contributed by atoms with Gasteiger partial charge in [0.05, 0.1) is 19.3 Å². The molecule has 0 aromatic carbocycles. The van der Waals surface area contributed by atoms with Crippen LogP contribution in [0.2, 0.25) is 0 Å². The van der Waals surface area contributed by atoms with Crippen LogP contribution in [0.15, 0.2) is 11.8 Å². The van der Waals surface area contributed by atoms with E-state index in [9.17, 15) is 0 Å². The highest BCUT2D eigenvalue weighted by Crippen LogP contribution is 2.29. The molecule has 1 rings (SSSR count). The van der Waals surface area contributed by atoms with E-state index in [2.05, 4.69) is 0 Å². The average molecular weight is 165 g/mol. The van der Waals surface area contributed by atoms with E-state index in [4.69, 9.17) is 10.00 Å². The fourth-order valence-corrected chi connectivity index (χ4v) is 1.79. The summed E-state index contributed by atoms with van der Waals surface area (Å²) in [6.45, 7) is 0. The van der Waals surface area contributed by atoms with Crippen molar-refractivity contribution >= 4 is 0 Å². The van der Waals surface area contributed by atoms with E-state index in [1.165, 1.54) is 38.2 Å². The Labute approximate surface area is 73.8 Å². The monoisotopic (exact) mass is 165 g/mol. The molecule has 0 radical (unpaired) electrons. The second-order valence-corrected chi connectivity index (χ2v) is 3.21. The molecule has 1 aliphatic carbocycles. The lowest BCUT2D eigenvalue weighted by atomic mass is 9.88. The van der Waals surface area contributed by atoms with Crippen molar-refractivity contribution in [2.75, 3.05) is 7.11 Å². The van der Waals surface area contributed by atoms with Gasteiger partial charge in [-0.25, -0.2) is 0 Å². The molecule has 1 aliphatic rings. The van der Waals surface area contributed by atoms with Crippen molar-refractivity contribution in [2.45, 2.75) is 32.1 Å². The van der Waals surface area contributed by atoms with E-state index in [0.29, 0.717) is 5.92 Å². The first kappa shape index (κ1) is 9.12. The van der Waals surface area contributed by atoms with Gasteiger partial charge in [-0.15, -0.1) is 0 Å². The van der Waals surface area contributed by atoms with Crippen LogP contribution in [-0.4, -0.2) is 7.11 Å². The van der Waals surface area contributed by atoms with E-state index in [1.807, 2.05) is 6.07 Å². The third-order valence-corrected chi connectivity index (χ3v) is 2.45. The predicted octanol–water partition coefficient (Wildman–Crippen LogP) is 2.62. The number of hydrogen-bond acceptors (Lipinski definition) is 2. The van der Waals surface area contributed by atoms with E-state index < -0.39 is 0 Å². The lowest BCUT2D eigenvalue weighted by molar-refractivity contribution is 0.214. The molecule has 0 spiro atoms. The fraction of sp³-hybridized carbons (Fsp3) is 0.700. The van der Waals surface area contributed by atoms with Gasteiger partial charge in [0, 0.05) is 5.92 Å². The van der Waals surface area contributed by atoms with Crippen LogP contribution in [0.5, 0.6) is 0 Å². The summed E-state index contributed by atoms with van der Waals surface area (Å²) in [7, 11) is 1.65. The molecule has 0 bridgehead atoms. The van der Waals surface area contributed by atoms with Gasteiger partial charge in [0.2, 0.25) is 0 Å². The Morgan fingerprint density at radius 1 is 1.42 bits per heavy atom. The topological polar surface area (TPSA) is 33.0 Å². The molecular formula is C10H15NO. The van der Waals surface area contributed by atoms with Crippen molar-refractivity contribution in [2.24, 2.45) is 5.92 Å². The second-order valence-electron chi connectivity index (χ2n) is 3.21. The minimum Gasteiger partial charge on any atom is -0.500 e. The molecule has 0 atom stereocenters. The molecule has 1 fully saturated rings. The summed E-state index contributed by atoms with van der Waals surface area (Å²) in [6.07, 6.45) is 7.78. The molecule has 0 heterocycles. The maximum absolute atomic E-state index is 8.49. The molecule has 2 heteroatoms. The van der Waals surface area contributed by atoms with Crippen LogP contribution in [0.25, 0.3) is 0 Å². The number of nitriles is 1. The first-order chi connectivity index (χ1) is 5.88. The van der Waals surface area contributed by atoms with Gasteiger partial charge in [-0.3, -0.25) is 0 Å². The van der Waals surface area contributed by atoms with E-state index in [1.54, 1.807) is 7.11 Å². The second kappa shape index (κ2) is 4.82. The Balaban J connectivity index is 2.53. The van der Waals surface area contributed by atoms with Crippen molar-refractivity contribution in [1.82, 2.24) is 0 Å². The Hall–Kier alpha value is -0.970. The molecular weight excluding hydrogens is 150 g/mol. The zero-order chi connectivity index (χ0) is 8.81. The number of methoxy groups -OCH3 is 1. The Kier molecular flexibility index (Phi) is 3.66. The summed E-state index contributed by atoms with van der Waals surface area (Å²) in [5.41, 5.74) is 0. The van der Waals surface area contributed by atoms with Gasteiger partial charge in [-0.2, -0.15) is 5.26 Å². The Morgan fingerprint density at radius 3 is 2.58 bits per heavy atom. The van der Waals surface area contributed by atoms with Crippen LogP contribution in [0, 0.1) is 17.2 Å². The van der Waals surface area contributed by atoms with Gasteiger partial charge in [0.15, 0.2) is 0 Å². The Morgan fingerprint density at radius 2 is 2.08 bits per heavy atom. The van der Waals surface area contributed by atoms with Crippen LogP contribution in [0.3, 0.4) is 0 Å². The maximum Gasteiger partial charge on any atom is 0.109 e. The van der Waals surface area contributed by atoms with Gasteiger partial charge in [-0.1, -0.05) is 19.3 Å². The highest BCUT2D eigenvalue weighted by atomic mass is 16.5. The third-order valence-electron chi connectivity index (χ3n) is 2.45. The molecule has 2 nitrogen and oxygen atoms in total. The van der Waals surface area contributed by atoms with E-state index in [0.717, 1.165) is 5.76 Å². The zero-order valence-electron chi connectivity index (χ0n) is 7.55. The zero-order valence-corrected chi connectivity index (χ0v) is 7.55. The van der Waals surface area contributed by atoms with Crippen molar-refractivity contribution in [3.05, 3.63) is 11.8 Å². The SMILES string of the molecule is CO/C(=C/C#N)C1CCCCC1. The smallest absolute Gasteiger partial charge is 0.109 e. The minimum atomic E-state index is 0.503. The van der Waals surface area contributed by atoms with Gasteiger partial charge in [-0.05, 0) is 12.8 Å². The molecule has 1 saturated carbocycles. The average Bonchev–Trinajstić information content (AvgIpc) is 2.15. The first-order valence-electron chi connectivity index (χ1n) is 4.52. The quantitative estimate of drug-likeness (QED) is 0.465. The van der Waals surface area contributed by atoms with Crippen LogP contribution >= 0.6 is 0 Å². The normalized spacial score (nSPS) is 20.2. The van der Waals surface area contributed by atoms with Crippen molar-refractivity contribution in [3.8, 4) is 6.07 Å². The fourth-order valence-electron chi connectivity index (χ4n) is 1.79. The van der Waals surface area contributed by atoms with Gasteiger partial charge in [0.25, 0.3) is 0 Å². The lowest BCUT2D eigenvalue weighted by Gasteiger charge is -2.22. The number of nitrogens with zero attached hydrogens (tertiary/aromatic N) is 1. The Bertz CT molecular complexity index is 196. The van der Waals surface area contributed by atoms with Crippen molar-refractivity contribution in [1.29, 1.82) is 5.26 Å². The number of allylic oxidation sites excluding steroid dienone is 2.